The topological polar surface area (TPSA) is 144 Å². The molecule has 0 bridgehead atoms. The number of carbonyl (C=O) groups is 5. The van der Waals surface area contributed by atoms with Crippen molar-refractivity contribution in [3.8, 4) is 0 Å². The third-order valence-corrected chi connectivity index (χ3v) is 8.95. The Morgan fingerprint density at radius 2 is 1.57 bits per heavy atom. The van der Waals surface area contributed by atoms with E-state index in [0.717, 1.165) is 0 Å². The Hall–Kier alpha value is -3.84. The van der Waals surface area contributed by atoms with E-state index in [1.165, 1.54) is 21.1 Å². The lowest BCUT2D eigenvalue weighted by atomic mass is 9.96. The second-order valence-electron chi connectivity index (χ2n) is 13.0. The van der Waals surface area contributed by atoms with E-state index < -0.39 is 36.0 Å². The standard InChI is InChI=1S/C33H49N7O5S/c1-19(2)25(36-30(43)26(20(3)4)38(7)8)31(44)39(9)27(21(5)6)32(45)40-17-12-15-24(40)29(42)35-23-14-11-10-13-22(23)28(41)37-33-34-16-18-46-33/h10-11,13-14,16,18-21,24-27H,12,15,17H2,1-9H3,(H,35,42)(H,36,43)(H,34,37,41)/t24-,25-,26-,27-/m0/s1. The van der Waals surface area contributed by atoms with Crippen molar-refractivity contribution >= 4 is 51.7 Å². The summed E-state index contributed by atoms with van der Waals surface area (Å²) >= 11 is 1.28. The van der Waals surface area contributed by atoms with Gasteiger partial charge in [0.15, 0.2) is 5.13 Å². The summed E-state index contributed by atoms with van der Waals surface area (Å²) in [6.45, 7) is 11.7. The van der Waals surface area contributed by atoms with Gasteiger partial charge in [0, 0.05) is 25.2 Å². The van der Waals surface area contributed by atoms with Crippen LogP contribution in [0.25, 0.3) is 0 Å². The average Bonchev–Trinajstić information content (AvgIpc) is 3.67. The van der Waals surface area contributed by atoms with Gasteiger partial charge >= 0.3 is 0 Å². The Labute approximate surface area is 276 Å². The number of thiazole rings is 1. The zero-order valence-corrected chi connectivity index (χ0v) is 29.2. The maximum absolute atomic E-state index is 14.1. The van der Waals surface area contributed by atoms with E-state index in [4.69, 9.17) is 0 Å². The number of aromatic nitrogens is 1. The summed E-state index contributed by atoms with van der Waals surface area (Å²) in [4.78, 5) is 76.8. The van der Waals surface area contributed by atoms with E-state index in [9.17, 15) is 24.0 Å². The molecule has 0 saturated carbocycles. The number of rotatable bonds is 13. The van der Waals surface area contributed by atoms with Crippen molar-refractivity contribution in [3.05, 3.63) is 41.4 Å². The molecule has 1 aromatic heterocycles. The molecule has 2 aromatic rings. The first-order chi connectivity index (χ1) is 21.6. The van der Waals surface area contributed by atoms with Crippen LogP contribution < -0.4 is 16.0 Å². The van der Waals surface area contributed by atoms with Crippen LogP contribution >= 0.6 is 11.3 Å². The predicted octanol–water partition coefficient (Wildman–Crippen LogP) is 3.53. The SMILES string of the molecule is CC(C)[C@H](NC(=O)[C@H](C(C)C)N(C)C)C(=O)N(C)[C@H](C(=O)N1CCC[C@H]1C(=O)Nc1ccccc1C(=O)Nc1nccs1)C(C)C. The van der Waals surface area contributed by atoms with E-state index in [0.29, 0.717) is 30.2 Å². The van der Waals surface area contributed by atoms with Crippen molar-refractivity contribution in [1.82, 2.24) is 25.0 Å². The molecule has 4 atom stereocenters. The van der Waals surface area contributed by atoms with Gasteiger partial charge in [-0.15, -0.1) is 11.3 Å². The summed E-state index contributed by atoms with van der Waals surface area (Å²) in [5.74, 6) is -2.24. The number of nitrogens with one attached hydrogen (secondary N) is 3. The van der Waals surface area contributed by atoms with Gasteiger partial charge in [0.25, 0.3) is 5.91 Å². The molecule has 1 aromatic carbocycles. The summed E-state index contributed by atoms with van der Waals surface area (Å²) in [5, 5.41) is 10.7. The molecule has 1 aliphatic rings. The van der Waals surface area contributed by atoms with Gasteiger partial charge in [-0.05, 0) is 56.8 Å². The lowest BCUT2D eigenvalue weighted by molar-refractivity contribution is -0.150. The number of likely N-dealkylation sites (N-methyl/N-ethyl adjacent to an activating group) is 2. The van der Waals surface area contributed by atoms with Crippen molar-refractivity contribution in [2.24, 2.45) is 17.8 Å². The molecule has 0 radical (unpaired) electrons. The predicted molar refractivity (Wildman–Crippen MR) is 180 cm³/mol. The highest BCUT2D eigenvalue weighted by molar-refractivity contribution is 7.13. The van der Waals surface area contributed by atoms with E-state index >= 15 is 0 Å². The number of carbonyl (C=O) groups excluding carboxylic acids is 5. The maximum atomic E-state index is 14.1. The molecule has 5 amide bonds. The van der Waals surface area contributed by atoms with Crippen LogP contribution in [0.2, 0.25) is 0 Å². The third kappa shape index (κ3) is 8.69. The lowest BCUT2D eigenvalue weighted by Crippen LogP contribution is -2.60. The molecule has 13 heteroatoms. The van der Waals surface area contributed by atoms with Crippen LogP contribution in [0, 0.1) is 17.8 Å². The van der Waals surface area contributed by atoms with Crippen molar-refractivity contribution < 1.29 is 24.0 Å². The summed E-state index contributed by atoms with van der Waals surface area (Å²) in [6, 6.07) is 3.77. The Balaban J connectivity index is 1.79. The second-order valence-corrected chi connectivity index (χ2v) is 13.9. The van der Waals surface area contributed by atoms with Crippen LogP contribution in [0.1, 0.15) is 64.7 Å². The number of para-hydroxylation sites is 1. The summed E-state index contributed by atoms with van der Waals surface area (Å²) < 4.78 is 0. The van der Waals surface area contributed by atoms with Gasteiger partial charge in [0.05, 0.1) is 17.3 Å². The van der Waals surface area contributed by atoms with Gasteiger partial charge in [0.1, 0.15) is 18.1 Å². The number of anilines is 2. The normalized spacial score (nSPS) is 16.8. The Morgan fingerprint density at radius 3 is 2.13 bits per heavy atom. The van der Waals surface area contributed by atoms with Crippen LogP contribution in [0.15, 0.2) is 35.8 Å². The summed E-state index contributed by atoms with van der Waals surface area (Å²) in [6.07, 6.45) is 2.64. The van der Waals surface area contributed by atoms with Crippen molar-refractivity contribution in [3.63, 3.8) is 0 Å². The number of amides is 5. The zero-order valence-electron chi connectivity index (χ0n) is 28.4. The van der Waals surface area contributed by atoms with Gasteiger partial charge in [-0.3, -0.25) is 34.2 Å². The van der Waals surface area contributed by atoms with Crippen LogP contribution in [0.4, 0.5) is 10.8 Å². The van der Waals surface area contributed by atoms with Gasteiger partial charge in [-0.25, -0.2) is 4.98 Å². The smallest absolute Gasteiger partial charge is 0.259 e. The molecule has 0 spiro atoms. The Kier molecular flexibility index (Phi) is 12.8. The van der Waals surface area contributed by atoms with Crippen LogP contribution in [-0.4, -0.2) is 101 Å². The monoisotopic (exact) mass is 655 g/mol. The second kappa shape index (κ2) is 16.1. The van der Waals surface area contributed by atoms with Crippen LogP contribution in [0.3, 0.4) is 0 Å². The van der Waals surface area contributed by atoms with Gasteiger partial charge < -0.3 is 20.4 Å². The highest BCUT2D eigenvalue weighted by Crippen LogP contribution is 2.26. The first-order valence-corrected chi connectivity index (χ1v) is 16.7. The number of hydrogen-bond donors (Lipinski definition) is 3. The van der Waals surface area contributed by atoms with E-state index in [2.05, 4.69) is 20.9 Å². The molecular formula is C33H49N7O5S. The number of benzene rings is 1. The van der Waals surface area contributed by atoms with E-state index in [1.807, 2.05) is 60.5 Å². The molecule has 0 unspecified atom stereocenters. The van der Waals surface area contributed by atoms with Crippen LogP contribution in [0.5, 0.6) is 0 Å². The molecular weight excluding hydrogens is 606 g/mol. The minimum Gasteiger partial charge on any atom is -0.343 e. The van der Waals surface area contributed by atoms with Crippen LogP contribution in [-0.2, 0) is 19.2 Å². The fourth-order valence-electron chi connectivity index (χ4n) is 6.07. The van der Waals surface area contributed by atoms with Gasteiger partial charge in [0.2, 0.25) is 23.6 Å². The van der Waals surface area contributed by atoms with Crippen molar-refractivity contribution in [2.75, 3.05) is 38.3 Å². The minimum atomic E-state index is -0.856. The first kappa shape index (κ1) is 36.6. The fraction of sp³-hybridized carbons (Fsp3) is 0.576. The van der Waals surface area contributed by atoms with E-state index in [-0.39, 0.29) is 41.0 Å². The Morgan fingerprint density at radius 1 is 0.913 bits per heavy atom. The summed E-state index contributed by atoms with van der Waals surface area (Å²) in [5.41, 5.74) is 0.588. The largest absolute Gasteiger partial charge is 0.343 e. The first-order valence-electron chi connectivity index (χ1n) is 15.8. The zero-order chi connectivity index (χ0) is 34.3. The lowest BCUT2D eigenvalue weighted by Gasteiger charge is -2.38. The molecule has 3 N–H and O–H groups in total. The van der Waals surface area contributed by atoms with Gasteiger partial charge in [-0.1, -0.05) is 53.7 Å². The third-order valence-electron chi connectivity index (χ3n) is 8.26. The molecule has 1 aliphatic heterocycles. The van der Waals surface area contributed by atoms with E-state index in [1.54, 1.807) is 42.9 Å². The molecule has 252 valence electrons. The Bertz CT molecular complexity index is 1370. The maximum Gasteiger partial charge on any atom is 0.259 e. The molecule has 1 saturated heterocycles. The fourth-order valence-corrected chi connectivity index (χ4v) is 6.59. The summed E-state index contributed by atoms with van der Waals surface area (Å²) in [7, 11) is 5.24. The molecule has 0 aliphatic carbocycles. The number of hydrogen-bond acceptors (Lipinski definition) is 8. The molecule has 46 heavy (non-hydrogen) atoms. The molecule has 2 heterocycles. The quantitative estimate of drug-likeness (QED) is 0.300. The minimum absolute atomic E-state index is 0.0261. The molecule has 1 fully saturated rings. The average molecular weight is 656 g/mol. The highest BCUT2D eigenvalue weighted by atomic mass is 32.1. The van der Waals surface area contributed by atoms with Gasteiger partial charge in [-0.2, -0.15) is 0 Å². The molecule has 12 nitrogen and oxygen atoms in total. The number of nitrogens with zero attached hydrogens (tertiary/aromatic N) is 4. The van der Waals surface area contributed by atoms with Crippen molar-refractivity contribution in [2.45, 2.75) is 78.6 Å². The molecule has 3 rings (SSSR count). The highest BCUT2D eigenvalue weighted by Gasteiger charge is 2.42. The van der Waals surface area contributed by atoms with Crippen molar-refractivity contribution in [1.29, 1.82) is 0 Å². The number of likely N-dealkylation sites (tertiary alicyclic amines) is 1.